The van der Waals surface area contributed by atoms with Crippen molar-refractivity contribution in [3.8, 4) is 5.75 Å². The molecule has 0 aliphatic heterocycles. The van der Waals surface area contributed by atoms with Gasteiger partial charge in [-0.15, -0.1) is 0 Å². The van der Waals surface area contributed by atoms with Crippen molar-refractivity contribution in [1.29, 1.82) is 0 Å². The maximum absolute atomic E-state index is 13.2. The van der Waals surface area contributed by atoms with Gasteiger partial charge in [0.05, 0.1) is 0 Å². The molecule has 3 rings (SSSR count). The van der Waals surface area contributed by atoms with Gasteiger partial charge in [0, 0.05) is 29.1 Å². The number of Topliss-reactive ketones (excluding diaryl/α,β-unsaturated/α-hetero) is 1. The first kappa shape index (κ1) is 16.7. The Kier molecular flexibility index (Phi) is 4.69. The summed E-state index contributed by atoms with van der Waals surface area (Å²) in [6.07, 6.45) is 4.75. The molecule has 1 aromatic carbocycles. The van der Waals surface area contributed by atoms with E-state index in [0.717, 1.165) is 36.4 Å². The Morgan fingerprint density at radius 1 is 1.17 bits per heavy atom. The zero-order valence-electron chi connectivity index (χ0n) is 13.9. The number of carbonyl (C=O) groups excluding carboxylic acids is 1. The number of aromatic nitrogens is 1. The Morgan fingerprint density at radius 3 is 2.54 bits per heavy atom. The maximum Gasteiger partial charge on any atom is 0.202 e. The molecule has 0 atom stereocenters. The predicted molar refractivity (Wildman–Crippen MR) is 87.6 cm³/mol. The number of ketones is 1. The third-order valence-electron chi connectivity index (χ3n) is 4.74. The van der Waals surface area contributed by atoms with Gasteiger partial charge in [0.2, 0.25) is 5.78 Å². The molecule has 128 valence electrons. The molecule has 1 aromatic heterocycles. The van der Waals surface area contributed by atoms with Crippen LogP contribution in [0.3, 0.4) is 0 Å². The van der Waals surface area contributed by atoms with Crippen LogP contribution in [0.15, 0.2) is 24.3 Å². The van der Waals surface area contributed by atoms with Crippen molar-refractivity contribution in [3.05, 3.63) is 52.9 Å². The van der Waals surface area contributed by atoms with E-state index in [0.29, 0.717) is 11.6 Å². The Labute approximate surface area is 140 Å². The van der Waals surface area contributed by atoms with E-state index in [2.05, 4.69) is 4.57 Å². The zero-order valence-corrected chi connectivity index (χ0v) is 13.9. The van der Waals surface area contributed by atoms with E-state index in [1.807, 2.05) is 19.9 Å². The Balaban J connectivity index is 1.73. The van der Waals surface area contributed by atoms with Crippen molar-refractivity contribution in [2.24, 2.45) is 0 Å². The van der Waals surface area contributed by atoms with Crippen LogP contribution in [-0.4, -0.2) is 17.0 Å². The van der Waals surface area contributed by atoms with Gasteiger partial charge < -0.3 is 9.30 Å². The van der Waals surface area contributed by atoms with Crippen LogP contribution in [0.2, 0.25) is 0 Å². The van der Waals surface area contributed by atoms with E-state index in [-0.39, 0.29) is 18.1 Å². The second-order valence-corrected chi connectivity index (χ2v) is 6.38. The molecular weight excluding hydrogens is 312 g/mol. The summed E-state index contributed by atoms with van der Waals surface area (Å²) < 4.78 is 33.7. The lowest BCUT2D eigenvalue weighted by Gasteiger charge is -2.17. The molecule has 3 nitrogen and oxygen atoms in total. The maximum atomic E-state index is 13.2. The van der Waals surface area contributed by atoms with Crippen LogP contribution < -0.4 is 4.74 Å². The lowest BCUT2D eigenvalue weighted by atomic mass is 10.1. The molecule has 0 radical (unpaired) electrons. The highest BCUT2D eigenvalue weighted by molar-refractivity contribution is 5.98. The topological polar surface area (TPSA) is 31.2 Å². The van der Waals surface area contributed by atoms with Crippen LogP contribution in [0.5, 0.6) is 5.75 Å². The summed E-state index contributed by atoms with van der Waals surface area (Å²) in [4.78, 5) is 12.5. The summed E-state index contributed by atoms with van der Waals surface area (Å²) >= 11 is 0. The molecule has 1 heterocycles. The normalized spacial score (nSPS) is 15.0. The highest BCUT2D eigenvalue weighted by atomic mass is 19.2. The lowest BCUT2D eigenvalue weighted by Crippen LogP contribution is -2.14. The van der Waals surface area contributed by atoms with Gasteiger partial charge >= 0.3 is 0 Å². The van der Waals surface area contributed by atoms with Gasteiger partial charge in [-0.25, -0.2) is 8.78 Å². The number of hydrogen-bond donors (Lipinski definition) is 0. The molecule has 1 saturated carbocycles. The first-order valence-electron chi connectivity index (χ1n) is 8.27. The van der Waals surface area contributed by atoms with Gasteiger partial charge in [0.15, 0.2) is 18.2 Å². The Hall–Kier alpha value is -2.17. The van der Waals surface area contributed by atoms with Gasteiger partial charge in [-0.2, -0.15) is 0 Å². The van der Waals surface area contributed by atoms with E-state index in [1.54, 1.807) is 0 Å². The fraction of sp³-hybridized carbons (Fsp3) is 0.421. The highest BCUT2D eigenvalue weighted by Gasteiger charge is 2.23. The van der Waals surface area contributed by atoms with Crippen molar-refractivity contribution in [2.45, 2.75) is 45.6 Å². The monoisotopic (exact) mass is 333 g/mol. The lowest BCUT2D eigenvalue weighted by molar-refractivity contribution is 0.0920. The van der Waals surface area contributed by atoms with Crippen molar-refractivity contribution in [1.82, 2.24) is 4.57 Å². The third kappa shape index (κ3) is 3.21. The molecule has 0 saturated heterocycles. The number of carbonyl (C=O) groups is 1. The minimum absolute atomic E-state index is 0.145. The SMILES string of the molecule is Cc1cc(C(=O)COc2ccc(F)c(F)c2)c(C)n1C1CCCC1. The van der Waals surface area contributed by atoms with Gasteiger partial charge in [-0.1, -0.05) is 12.8 Å². The smallest absolute Gasteiger partial charge is 0.202 e. The molecule has 0 unspecified atom stereocenters. The van der Waals surface area contributed by atoms with Crippen LogP contribution in [-0.2, 0) is 0 Å². The van der Waals surface area contributed by atoms with Crippen molar-refractivity contribution in [3.63, 3.8) is 0 Å². The third-order valence-corrected chi connectivity index (χ3v) is 4.74. The van der Waals surface area contributed by atoms with Crippen molar-refractivity contribution >= 4 is 5.78 Å². The largest absolute Gasteiger partial charge is 0.485 e. The number of hydrogen-bond acceptors (Lipinski definition) is 2. The number of benzene rings is 1. The molecule has 24 heavy (non-hydrogen) atoms. The summed E-state index contributed by atoms with van der Waals surface area (Å²) in [6.45, 7) is 3.77. The average Bonchev–Trinajstić information content (AvgIpc) is 3.16. The Morgan fingerprint density at radius 2 is 1.88 bits per heavy atom. The van der Waals surface area contributed by atoms with E-state index in [4.69, 9.17) is 4.74 Å². The number of nitrogens with zero attached hydrogens (tertiary/aromatic N) is 1. The van der Waals surface area contributed by atoms with Crippen LogP contribution in [0, 0.1) is 25.5 Å². The second-order valence-electron chi connectivity index (χ2n) is 6.38. The highest BCUT2D eigenvalue weighted by Crippen LogP contribution is 2.33. The minimum Gasteiger partial charge on any atom is -0.485 e. The van der Waals surface area contributed by atoms with E-state index >= 15 is 0 Å². The molecule has 5 heteroatoms. The first-order chi connectivity index (χ1) is 11.5. The first-order valence-corrected chi connectivity index (χ1v) is 8.27. The van der Waals surface area contributed by atoms with Crippen molar-refractivity contribution in [2.75, 3.05) is 6.61 Å². The van der Waals surface area contributed by atoms with E-state index in [9.17, 15) is 13.6 Å². The van der Waals surface area contributed by atoms with Gasteiger partial charge in [-0.3, -0.25) is 4.79 Å². The number of rotatable bonds is 5. The van der Waals surface area contributed by atoms with Crippen molar-refractivity contribution < 1.29 is 18.3 Å². The molecule has 1 aliphatic carbocycles. The van der Waals surface area contributed by atoms with Crippen LogP contribution in [0.1, 0.15) is 53.5 Å². The van der Waals surface area contributed by atoms with E-state index < -0.39 is 11.6 Å². The van der Waals surface area contributed by atoms with E-state index in [1.165, 1.54) is 18.9 Å². The summed E-state index contributed by atoms with van der Waals surface area (Å²) in [7, 11) is 0. The molecule has 0 spiro atoms. The second kappa shape index (κ2) is 6.75. The summed E-state index contributed by atoms with van der Waals surface area (Å²) in [5.74, 6) is -1.93. The Bertz CT molecular complexity index is 761. The number of aryl methyl sites for hydroxylation is 1. The predicted octanol–water partition coefficient (Wildman–Crippen LogP) is 4.76. The fourth-order valence-corrected chi connectivity index (χ4v) is 3.58. The molecule has 1 fully saturated rings. The standard InChI is InChI=1S/C19H21F2NO2/c1-12-9-16(13(2)22(12)14-5-3-4-6-14)19(23)11-24-15-7-8-17(20)18(21)10-15/h7-10,14H,3-6,11H2,1-2H3. The molecular formula is C19H21F2NO2. The summed E-state index contributed by atoms with van der Waals surface area (Å²) in [5.41, 5.74) is 2.68. The summed E-state index contributed by atoms with van der Waals surface area (Å²) in [5, 5.41) is 0. The fourth-order valence-electron chi connectivity index (χ4n) is 3.58. The quantitative estimate of drug-likeness (QED) is 0.739. The van der Waals surface area contributed by atoms with Gasteiger partial charge in [0.25, 0.3) is 0 Å². The molecule has 0 N–H and O–H groups in total. The summed E-state index contributed by atoms with van der Waals surface area (Å²) in [6, 6.07) is 5.61. The molecule has 0 bridgehead atoms. The number of ether oxygens (including phenoxy) is 1. The van der Waals surface area contributed by atoms with Crippen LogP contribution >= 0.6 is 0 Å². The number of halogens is 2. The van der Waals surface area contributed by atoms with Gasteiger partial charge in [0.1, 0.15) is 5.75 Å². The van der Waals surface area contributed by atoms with Crippen LogP contribution in [0.4, 0.5) is 8.78 Å². The molecule has 2 aromatic rings. The molecule has 0 amide bonds. The minimum atomic E-state index is -0.987. The zero-order chi connectivity index (χ0) is 17.3. The van der Waals surface area contributed by atoms with Crippen LogP contribution in [0.25, 0.3) is 0 Å². The molecule has 1 aliphatic rings. The van der Waals surface area contributed by atoms with Gasteiger partial charge in [-0.05, 0) is 44.9 Å². The average molecular weight is 333 g/mol.